The number of rotatable bonds is 8. The number of carbonyl (C=O) groups is 2. The summed E-state index contributed by atoms with van der Waals surface area (Å²) in [4.78, 5) is 28.2. The minimum absolute atomic E-state index is 0.0714. The van der Waals surface area contributed by atoms with Crippen molar-refractivity contribution in [2.45, 2.75) is 20.8 Å². The largest absolute Gasteiger partial charge is 0.495 e. The van der Waals surface area contributed by atoms with Crippen molar-refractivity contribution in [2.24, 2.45) is 0 Å². The van der Waals surface area contributed by atoms with Crippen LogP contribution in [0.5, 0.6) is 5.75 Å². The van der Waals surface area contributed by atoms with E-state index in [9.17, 15) is 9.59 Å². The predicted octanol–water partition coefficient (Wildman–Crippen LogP) is 3.53. The molecule has 27 heavy (non-hydrogen) atoms. The quantitative estimate of drug-likeness (QED) is 0.773. The summed E-state index contributed by atoms with van der Waals surface area (Å²) in [5.41, 5.74) is 2.35. The number of carbonyl (C=O) groups excluding carboxylic acids is 2. The maximum absolute atomic E-state index is 12.5. The number of benzene rings is 2. The van der Waals surface area contributed by atoms with Crippen LogP contribution in [0.15, 0.2) is 48.5 Å². The normalized spacial score (nSPS) is 10.2. The smallest absolute Gasteiger partial charge is 0.244 e. The topological polar surface area (TPSA) is 61.9 Å². The molecular weight excluding hydrogens is 342 g/mol. The van der Waals surface area contributed by atoms with Gasteiger partial charge in [-0.05, 0) is 50.2 Å². The summed E-state index contributed by atoms with van der Waals surface area (Å²) in [5.74, 6) is 0.0899. The molecular formula is C21H27N3O3. The Morgan fingerprint density at radius 3 is 2.11 bits per heavy atom. The van der Waals surface area contributed by atoms with Gasteiger partial charge in [-0.25, -0.2) is 0 Å². The third-order valence-electron chi connectivity index (χ3n) is 4.35. The fraction of sp³-hybridized carbons (Fsp3) is 0.333. The zero-order valence-electron chi connectivity index (χ0n) is 16.4. The van der Waals surface area contributed by atoms with Gasteiger partial charge in [0.2, 0.25) is 11.8 Å². The molecule has 6 heteroatoms. The van der Waals surface area contributed by atoms with E-state index in [-0.39, 0.29) is 18.4 Å². The van der Waals surface area contributed by atoms with Gasteiger partial charge in [0.05, 0.1) is 12.8 Å². The predicted molar refractivity (Wildman–Crippen MR) is 110 cm³/mol. The van der Waals surface area contributed by atoms with Crippen molar-refractivity contribution < 1.29 is 14.3 Å². The second kappa shape index (κ2) is 9.62. The Morgan fingerprint density at radius 1 is 0.963 bits per heavy atom. The first-order valence-corrected chi connectivity index (χ1v) is 9.06. The lowest BCUT2D eigenvalue weighted by molar-refractivity contribution is -0.120. The average Bonchev–Trinajstić information content (AvgIpc) is 2.68. The number of methoxy groups -OCH3 is 1. The fourth-order valence-corrected chi connectivity index (χ4v) is 2.90. The second-order valence-electron chi connectivity index (χ2n) is 6.04. The zero-order chi connectivity index (χ0) is 19.8. The molecule has 0 aliphatic rings. The molecule has 2 aromatic rings. The Labute approximate surface area is 160 Å². The third-order valence-corrected chi connectivity index (χ3v) is 4.35. The Balaban J connectivity index is 2.13. The summed E-state index contributed by atoms with van der Waals surface area (Å²) in [6, 6.07) is 14.8. The van der Waals surface area contributed by atoms with Gasteiger partial charge in [-0.2, -0.15) is 0 Å². The van der Waals surface area contributed by atoms with Gasteiger partial charge >= 0.3 is 0 Å². The van der Waals surface area contributed by atoms with Crippen molar-refractivity contribution in [3.63, 3.8) is 0 Å². The first-order chi connectivity index (χ1) is 13.0. The number of nitrogens with one attached hydrogen (secondary N) is 1. The molecule has 0 saturated carbocycles. The maximum atomic E-state index is 12.5. The van der Waals surface area contributed by atoms with Gasteiger partial charge in [-0.15, -0.1) is 0 Å². The van der Waals surface area contributed by atoms with E-state index in [1.165, 1.54) is 11.8 Å². The van der Waals surface area contributed by atoms with Crippen LogP contribution in [0.4, 0.5) is 17.1 Å². The Hall–Kier alpha value is -3.02. The summed E-state index contributed by atoms with van der Waals surface area (Å²) in [6.45, 7) is 7.40. The number of anilines is 3. The summed E-state index contributed by atoms with van der Waals surface area (Å²) in [7, 11) is 1.55. The van der Waals surface area contributed by atoms with Crippen LogP contribution in [-0.4, -0.2) is 38.6 Å². The van der Waals surface area contributed by atoms with Crippen LogP contribution in [0.2, 0.25) is 0 Å². The second-order valence-corrected chi connectivity index (χ2v) is 6.04. The van der Waals surface area contributed by atoms with Gasteiger partial charge < -0.3 is 19.9 Å². The summed E-state index contributed by atoms with van der Waals surface area (Å²) in [6.07, 6.45) is 0. The molecule has 0 bridgehead atoms. The molecule has 0 aromatic heterocycles. The molecule has 0 aliphatic heterocycles. The van der Waals surface area contributed by atoms with Crippen molar-refractivity contribution in [1.82, 2.24) is 0 Å². The average molecular weight is 369 g/mol. The highest BCUT2D eigenvalue weighted by atomic mass is 16.5. The molecule has 2 rings (SSSR count). The van der Waals surface area contributed by atoms with Crippen LogP contribution in [0, 0.1) is 0 Å². The number of amides is 2. The lowest BCUT2D eigenvalue weighted by Crippen LogP contribution is -2.36. The number of ether oxygens (including phenoxy) is 1. The van der Waals surface area contributed by atoms with Crippen molar-refractivity contribution in [3.05, 3.63) is 48.5 Å². The molecule has 1 N–H and O–H groups in total. The molecule has 0 radical (unpaired) electrons. The van der Waals surface area contributed by atoms with E-state index < -0.39 is 0 Å². The zero-order valence-corrected chi connectivity index (χ0v) is 16.4. The fourth-order valence-electron chi connectivity index (χ4n) is 2.90. The highest BCUT2D eigenvalue weighted by molar-refractivity contribution is 6.02. The molecule has 144 valence electrons. The van der Waals surface area contributed by atoms with Crippen molar-refractivity contribution in [2.75, 3.05) is 41.9 Å². The molecule has 0 atom stereocenters. The Kier molecular flexibility index (Phi) is 7.23. The van der Waals surface area contributed by atoms with Crippen LogP contribution >= 0.6 is 0 Å². The van der Waals surface area contributed by atoms with E-state index in [1.54, 1.807) is 19.2 Å². The van der Waals surface area contributed by atoms with E-state index >= 15 is 0 Å². The molecule has 6 nitrogen and oxygen atoms in total. The minimum Gasteiger partial charge on any atom is -0.495 e. The van der Waals surface area contributed by atoms with Gasteiger partial charge in [0.25, 0.3) is 0 Å². The first-order valence-electron chi connectivity index (χ1n) is 9.06. The van der Waals surface area contributed by atoms with Crippen molar-refractivity contribution in [3.8, 4) is 5.75 Å². The number of nitrogens with zero attached hydrogens (tertiary/aromatic N) is 2. The molecule has 0 fully saturated rings. The Morgan fingerprint density at radius 2 is 1.56 bits per heavy atom. The highest BCUT2D eigenvalue weighted by Crippen LogP contribution is 2.24. The van der Waals surface area contributed by atoms with E-state index in [1.807, 2.05) is 36.4 Å². The van der Waals surface area contributed by atoms with Crippen LogP contribution in [0.1, 0.15) is 20.8 Å². The number of hydrogen-bond donors (Lipinski definition) is 1. The molecule has 0 unspecified atom stereocenters. The van der Waals surface area contributed by atoms with Crippen LogP contribution < -0.4 is 19.9 Å². The van der Waals surface area contributed by atoms with Crippen molar-refractivity contribution >= 4 is 28.9 Å². The lowest BCUT2D eigenvalue weighted by atomic mass is 10.2. The number of para-hydroxylation sites is 2. The Bertz CT molecular complexity index is 770. The van der Waals surface area contributed by atoms with Gasteiger partial charge in [-0.3, -0.25) is 9.59 Å². The summed E-state index contributed by atoms with van der Waals surface area (Å²) >= 11 is 0. The minimum atomic E-state index is -0.289. The summed E-state index contributed by atoms with van der Waals surface area (Å²) in [5, 5.41) is 2.80. The standard InChI is InChI=1S/C21H27N3O3/c1-5-23(6-2)17-11-13-18(14-12-17)24(16(3)25)15-21(26)22-19-9-7-8-10-20(19)27-4/h7-14H,5-6,15H2,1-4H3,(H,22,26). The SMILES string of the molecule is CCN(CC)c1ccc(N(CC(=O)Nc2ccccc2OC)C(C)=O)cc1. The van der Waals surface area contributed by atoms with Crippen LogP contribution in [0.3, 0.4) is 0 Å². The van der Waals surface area contributed by atoms with Gasteiger partial charge in [0, 0.05) is 31.4 Å². The van der Waals surface area contributed by atoms with Gasteiger partial charge in [0.1, 0.15) is 12.3 Å². The van der Waals surface area contributed by atoms with E-state index in [2.05, 4.69) is 24.1 Å². The third kappa shape index (κ3) is 5.23. The van der Waals surface area contributed by atoms with E-state index in [4.69, 9.17) is 4.74 Å². The van der Waals surface area contributed by atoms with Crippen molar-refractivity contribution in [1.29, 1.82) is 0 Å². The van der Waals surface area contributed by atoms with E-state index in [0.717, 1.165) is 18.8 Å². The summed E-state index contributed by atoms with van der Waals surface area (Å²) < 4.78 is 5.24. The van der Waals surface area contributed by atoms with E-state index in [0.29, 0.717) is 17.1 Å². The first kappa shape index (κ1) is 20.3. The van der Waals surface area contributed by atoms with Crippen LogP contribution in [0.25, 0.3) is 0 Å². The molecule has 0 saturated heterocycles. The highest BCUT2D eigenvalue weighted by Gasteiger charge is 2.17. The molecule has 0 aliphatic carbocycles. The van der Waals surface area contributed by atoms with Gasteiger partial charge in [0.15, 0.2) is 0 Å². The maximum Gasteiger partial charge on any atom is 0.244 e. The molecule has 2 aromatic carbocycles. The lowest BCUT2D eigenvalue weighted by Gasteiger charge is -2.24. The molecule has 0 heterocycles. The monoisotopic (exact) mass is 369 g/mol. The van der Waals surface area contributed by atoms with Gasteiger partial charge in [-0.1, -0.05) is 12.1 Å². The molecule has 0 spiro atoms. The van der Waals surface area contributed by atoms with Crippen LogP contribution in [-0.2, 0) is 9.59 Å². The number of hydrogen-bond acceptors (Lipinski definition) is 4. The molecule has 2 amide bonds.